The molecule has 0 fully saturated rings. The summed E-state index contributed by atoms with van der Waals surface area (Å²) in [5.41, 5.74) is 0.389. The molecule has 1 aromatic carbocycles. The zero-order chi connectivity index (χ0) is 32.2. The highest BCUT2D eigenvalue weighted by Gasteiger charge is 2.35. The van der Waals surface area contributed by atoms with Gasteiger partial charge in [-0.2, -0.15) is 0 Å². The van der Waals surface area contributed by atoms with Crippen molar-refractivity contribution >= 4 is 11.9 Å². The molecule has 0 bridgehead atoms. The number of rotatable bonds is 9. The number of phenols is 1. The molecule has 0 radical (unpaired) electrons. The van der Waals surface area contributed by atoms with E-state index in [0.29, 0.717) is 11.7 Å². The van der Waals surface area contributed by atoms with Gasteiger partial charge < -0.3 is 14.6 Å². The van der Waals surface area contributed by atoms with E-state index >= 15 is 0 Å². The van der Waals surface area contributed by atoms with E-state index in [1.807, 2.05) is 98.7 Å². The van der Waals surface area contributed by atoms with Gasteiger partial charge >= 0.3 is 11.9 Å². The molecule has 1 aliphatic carbocycles. The number of carbonyl (C=O) groups is 2. The van der Waals surface area contributed by atoms with Gasteiger partial charge in [0.15, 0.2) is 0 Å². The summed E-state index contributed by atoms with van der Waals surface area (Å²) in [5.74, 6) is 0.653. The van der Waals surface area contributed by atoms with Gasteiger partial charge in [-0.1, -0.05) is 45.9 Å². The van der Waals surface area contributed by atoms with Crippen LogP contribution in [-0.2, 0) is 24.7 Å². The summed E-state index contributed by atoms with van der Waals surface area (Å²) in [6, 6.07) is 11.2. The van der Waals surface area contributed by atoms with Crippen molar-refractivity contribution in [3.8, 4) is 5.75 Å². The molecule has 1 aliphatic rings. The van der Waals surface area contributed by atoms with Gasteiger partial charge in [-0.25, -0.2) is 0 Å². The maximum atomic E-state index is 12.0. The van der Waals surface area contributed by atoms with Gasteiger partial charge in [-0.05, 0) is 128 Å². The lowest BCUT2D eigenvalue weighted by Gasteiger charge is -2.30. The highest BCUT2D eigenvalue weighted by atomic mass is 16.6. The summed E-state index contributed by atoms with van der Waals surface area (Å²) >= 11 is 0. The van der Waals surface area contributed by atoms with Crippen LogP contribution >= 0.6 is 0 Å². The minimum Gasteiger partial charge on any atom is -0.508 e. The first kappa shape index (κ1) is 36.9. The molecule has 234 valence electrons. The van der Waals surface area contributed by atoms with Crippen molar-refractivity contribution in [2.45, 2.75) is 125 Å². The molecule has 1 N–H and O–H groups in total. The number of ether oxygens (including phenoxy) is 2. The van der Waals surface area contributed by atoms with Gasteiger partial charge in [0, 0.05) is 12.4 Å². The van der Waals surface area contributed by atoms with Crippen LogP contribution in [0.3, 0.4) is 0 Å². The Kier molecular flexibility index (Phi) is 14.0. The Morgan fingerprint density at radius 1 is 0.952 bits per heavy atom. The number of nitrogens with zero attached hydrogens (tertiary/aromatic N) is 1. The van der Waals surface area contributed by atoms with E-state index in [2.05, 4.69) is 24.9 Å². The van der Waals surface area contributed by atoms with Gasteiger partial charge in [0.05, 0.1) is 10.8 Å². The highest BCUT2D eigenvalue weighted by Crippen LogP contribution is 2.32. The fourth-order valence-corrected chi connectivity index (χ4v) is 3.76. The molecule has 0 saturated heterocycles. The monoisotopic (exact) mass is 581 g/mol. The largest absolute Gasteiger partial charge is 0.508 e. The Bertz CT molecular complexity index is 1150. The Balaban J connectivity index is 0.000000322. The lowest BCUT2D eigenvalue weighted by Crippen LogP contribution is -2.34. The van der Waals surface area contributed by atoms with Crippen LogP contribution < -0.4 is 0 Å². The number of aromatic hydroxyl groups is 1. The van der Waals surface area contributed by atoms with E-state index in [1.54, 1.807) is 18.5 Å². The number of allylic oxidation sites excluding steroid dienone is 1. The number of hydrogen-bond donors (Lipinski definition) is 1. The summed E-state index contributed by atoms with van der Waals surface area (Å²) in [6.07, 6.45) is 12.1. The van der Waals surface area contributed by atoms with Crippen LogP contribution in [0.5, 0.6) is 5.75 Å². The second kappa shape index (κ2) is 15.9. The Morgan fingerprint density at radius 2 is 1.52 bits per heavy atom. The van der Waals surface area contributed by atoms with Gasteiger partial charge in [0.2, 0.25) is 0 Å². The number of aromatic nitrogens is 1. The van der Waals surface area contributed by atoms with Crippen LogP contribution in [0.1, 0.15) is 125 Å². The van der Waals surface area contributed by atoms with E-state index in [-0.39, 0.29) is 23.0 Å². The Morgan fingerprint density at radius 3 is 2.00 bits per heavy atom. The van der Waals surface area contributed by atoms with E-state index in [0.717, 1.165) is 37.7 Å². The molecule has 1 heterocycles. The molecule has 6 nitrogen and oxygen atoms in total. The number of pyridine rings is 1. The fourth-order valence-electron chi connectivity index (χ4n) is 3.76. The van der Waals surface area contributed by atoms with Crippen LogP contribution in [-0.4, -0.2) is 27.6 Å². The lowest BCUT2D eigenvalue weighted by atomic mass is 9.90. The predicted octanol–water partition coefficient (Wildman–Crippen LogP) is 9.28. The average Bonchev–Trinajstić information content (AvgIpc) is 3.39. The number of hydrogen-bond acceptors (Lipinski definition) is 6. The van der Waals surface area contributed by atoms with Gasteiger partial charge in [0.1, 0.15) is 17.0 Å². The van der Waals surface area contributed by atoms with Crippen LogP contribution in [0.4, 0.5) is 0 Å². The zero-order valence-electron chi connectivity index (χ0n) is 27.9. The van der Waals surface area contributed by atoms with Crippen molar-refractivity contribution < 1.29 is 24.2 Å². The van der Waals surface area contributed by atoms with Crippen molar-refractivity contribution in [3.05, 3.63) is 72.1 Å². The third-order valence-electron chi connectivity index (χ3n) is 8.25. The maximum Gasteiger partial charge on any atom is 0.312 e. The van der Waals surface area contributed by atoms with E-state index in [1.165, 1.54) is 5.56 Å². The number of phenolic OH excluding ortho intramolecular Hbond substituents is 1. The maximum absolute atomic E-state index is 12.0. The second-order valence-corrected chi connectivity index (χ2v) is 13.2. The highest BCUT2D eigenvalue weighted by molar-refractivity contribution is 5.77. The quantitative estimate of drug-likeness (QED) is 0.235. The predicted molar refractivity (Wildman–Crippen MR) is 171 cm³/mol. The third-order valence-corrected chi connectivity index (χ3v) is 8.25. The summed E-state index contributed by atoms with van der Waals surface area (Å²) in [7, 11) is 0. The molecule has 42 heavy (non-hydrogen) atoms. The molecule has 1 aromatic heterocycles. The summed E-state index contributed by atoms with van der Waals surface area (Å²) in [5, 5.41) is 9.16. The summed E-state index contributed by atoms with van der Waals surface area (Å²) in [4.78, 5) is 27.8. The van der Waals surface area contributed by atoms with Crippen molar-refractivity contribution in [3.63, 3.8) is 0 Å². The van der Waals surface area contributed by atoms with Gasteiger partial charge in [0.25, 0.3) is 0 Å². The molecular weight excluding hydrogens is 526 g/mol. The Labute approximate surface area is 254 Å². The molecule has 0 aliphatic heterocycles. The fraction of sp³-hybridized carbons (Fsp3) is 0.583. The van der Waals surface area contributed by atoms with Crippen LogP contribution in [0.25, 0.3) is 0 Å². The first-order chi connectivity index (χ1) is 19.4. The molecule has 2 unspecified atom stereocenters. The van der Waals surface area contributed by atoms with Gasteiger partial charge in [-0.3, -0.25) is 14.6 Å². The molecular formula is C36H55NO5. The molecule has 0 saturated carbocycles. The smallest absolute Gasteiger partial charge is 0.312 e. The lowest BCUT2D eigenvalue weighted by molar-refractivity contribution is -0.168. The molecule has 2 atom stereocenters. The minimum absolute atomic E-state index is 0.0888. The Hall–Kier alpha value is -3.15. The standard InChI is InChI=1S/C14H21NO2.C12H20O2.C10H14O/c1-6-13(2,3)12(16)17-14(4,5)11-7-9-15-10-8-11;1-5-11(2,3)10(13)14-12(4)8-6-7-9-12;1-3-8(2)9-5-4-6-10(11)7-9/h7-10H,6H2,1-5H3;6,8H,5,7,9H2,1-4H3;4-8,11H,3H2,1-2H3. The first-order valence-electron chi connectivity index (χ1n) is 15.3. The van der Waals surface area contributed by atoms with Crippen molar-refractivity contribution in [1.82, 2.24) is 4.98 Å². The molecule has 2 aromatic rings. The SMILES string of the molecule is CCC(C)(C)C(=O)OC(C)(C)c1ccncc1.CCC(C)(C)C(=O)OC1(C)C=CCC1.CCC(C)c1cccc(O)c1. The second-order valence-electron chi connectivity index (χ2n) is 13.2. The van der Waals surface area contributed by atoms with Crippen LogP contribution in [0, 0.1) is 10.8 Å². The minimum atomic E-state index is -0.619. The first-order valence-corrected chi connectivity index (χ1v) is 15.3. The number of benzene rings is 1. The molecule has 3 rings (SSSR count). The third kappa shape index (κ3) is 11.6. The van der Waals surface area contributed by atoms with E-state index in [4.69, 9.17) is 14.6 Å². The van der Waals surface area contributed by atoms with E-state index in [9.17, 15) is 9.59 Å². The van der Waals surface area contributed by atoms with E-state index < -0.39 is 11.0 Å². The summed E-state index contributed by atoms with van der Waals surface area (Å²) in [6.45, 7) is 21.7. The van der Waals surface area contributed by atoms with Crippen molar-refractivity contribution in [2.24, 2.45) is 10.8 Å². The van der Waals surface area contributed by atoms with Crippen LogP contribution in [0.15, 0.2) is 60.9 Å². The van der Waals surface area contributed by atoms with Crippen molar-refractivity contribution in [2.75, 3.05) is 0 Å². The van der Waals surface area contributed by atoms with Crippen molar-refractivity contribution in [1.29, 1.82) is 0 Å². The zero-order valence-corrected chi connectivity index (χ0v) is 27.9. The number of carbonyl (C=O) groups excluding carboxylic acids is 2. The topological polar surface area (TPSA) is 85.7 Å². The molecule has 0 spiro atoms. The molecule has 0 amide bonds. The normalized spacial score (nSPS) is 17.2. The average molecular weight is 582 g/mol. The number of esters is 2. The summed E-state index contributed by atoms with van der Waals surface area (Å²) < 4.78 is 11.1. The van der Waals surface area contributed by atoms with Gasteiger partial charge in [-0.15, -0.1) is 0 Å². The van der Waals surface area contributed by atoms with Crippen LogP contribution in [0.2, 0.25) is 0 Å². The molecule has 6 heteroatoms.